The minimum Gasteiger partial charge on any atom is -0.504 e. The quantitative estimate of drug-likeness (QED) is 0.572. The third-order valence-electron chi connectivity index (χ3n) is 2.38. The highest BCUT2D eigenvalue weighted by molar-refractivity contribution is 5.49. The highest BCUT2D eigenvalue weighted by atomic mass is 16.3. The summed E-state index contributed by atoms with van der Waals surface area (Å²) in [6.45, 7) is 0. The molecule has 0 aliphatic heterocycles. The molecule has 2 N–H and O–H groups in total. The molecule has 0 bridgehead atoms. The van der Waals surface area contributed by atoms with Crippen molar-refractivity contribution in [2.75, 3.05) is 0 Å². The number of hydrogen-bond acceptors (Lipinski definition) is 2. The third-order valence-corrected chi connectivity index (χ3v) is 2.38. The Bertz CT molecular complexity index is 305. The van der Waals surface area contributed by atoms with Crippen LogP contribution in [0.1, 0.15) is 24.0 Å². The molecule has 0 saturated heterocycles. The lowest BCUT2D eigenvalue weighted by Gasteiger charge is -2.16. The second kappa shape index (κ2) is 2.70. The van der Waals surface area contributed by atoms with Gasteiger partial charge in [-0.05, 0) is 43.4 Å². The zero-order valence-corrected chi connectivity index (χ0v) is 6.80. The summed E-state index contributed by atoms with van der Waals surface area (Å²) in [7, 11) is 0. The number of phenolic OH excluding ortho intramolecular Hbond substituents is 2. The fourth-order valence-electron chi connectivity index (χ4n) is 1.70. The van der Waals surface area contributed by atoms with Crippen molar-refractivity contribution in [1.82, 2.24) is 0 Å². The lowest BCUT2D eigenvalue weighted by Crippen LogP contribution is -2.02. The monoisotopic (exact) mass is 163 g/mol. The fourth-order valence-corrected chi connectivity index (χ4v) is 1.70. The first-order valence-electron chi connectivity index (χ1n) is 4.23. The molecular weight excluding hydrogens is 152 g/mol. The molecule has 2 heteroatoms. The molecule has 0 aromatic heterocycles. The van der Waals surface area contributed by atoms with Crippen LogP contribution in [0.2, 0.25) is 0 Å². The minimum absolute atomic E-state index is 0.0457. The normalized spacial score (nSPS) is 15.7. The molecule has 2 nitrogen and oxygen atoms in total. The number of benzene rings is 1. The highest BCUT2D eigenvalue weighted by Gasteiger charge is 2.15. The predicted molar refractivity (Wildman–Crippen MR) is 45.2 cm³/mol. The van der Waals surface area contributed by atoms with E-state index in [9.17, 15) is 10.2 Å². The molecule has 1 aliphatic rings. The molecule has 1 aliphatic carbocycles. The van der Waals surface area contributed by atoms with E-state index < -0.39 is 0 Å². The van der Waals surface area contributed by atoms with Crippen molar-refractivity contribution < 1.29 is 10.2 Å². The van der Waals surface area contributed by atoms with Gasteiger partial charge in [-0.2, -0.15) is 0 Å². The Morgan fingerprint density at radius 2 is 1.92 bits per heavy atom. The van der Waals surface area contributed by atoms with Crippen LogP contribution in [0.4, 0.5) is 0 Å². The summed E-state index contributed by atoms with van der Waals surface area (Å²) >= 11 is 0. The summed E-state index contributed by atoms with van der Waals surface area (Å²) in [6.07, 6.45) is 4.10. The maximum absolute atomic E-state index is 9.47. The van der Waals surface area contributed by atoms with Crippen molar-refractivity contribution in [2.45, 2.75) is 25.7 Å². The maximum Gasteiger partial charge on any atom is 0.160 e. The fraction of sp³-hybridized carbons (Fsp3) is 0.400. The van der Waals surface area contributed by atoms with Crippen molar-refractivity contribution in [2.24, 2.45) is 0 Å². The lowest BCUT2D eigenvalue weighted by molar-refractivity contribution is 0.396. The molecule has 1 aromatic rings. The summed E-state index contributed by atoms with van der Waals surface area (Å²) in [5.41, 5.74) is 1.96. The van der Waals surface area contributed by atoms with E-state index in [0.717, 1.165) is 36.8 Å². The molecule has 0 saturated carbocycles. The van der Waals surface area contributed by atoms with E-state index in [1.165, 1.54) is 6.07 Å². The summed E-state index contributed by atoms with van der Waals surface area (Å²) in [4.78, 5) is 0. The third kappa shape index (κ3) is 1.04. The molecule has 63 valence electrons. The van der Waals surface area contributed by atoms with Crippen molar-refractivity contribution in [3.05, 3.63) is 23.3 Å². The summed E-state index contributed by atoms with van der Waals surface area (Å²) in [5, 5.41) is 18.7. The van der Waals surface area contributed by atoms with Gasteiger partial charge in [0.15, 0.2) is 11.5 Å². The van der Waals surface area contributed by atoms with Gasteiger partial charge in [0.05, 0.1) is 0 Å². The SMILES string of the molecule is Oc1c[c]c2c(c1O)CCCC2. The average molecular weight is 163 g/mol. The molecule has 0 spiro atoms. The van der Waals surface area contributed by atoms with E-state index in [4.69, 9.17) is 0 Å². The van der Waals surface area contributed by atoms with Gasteiger partial charge in [0.2, 0.25) is 0 Å². The number of aryl methyl sites for hydroxylation is 1. The van der Waals surface area contributed by atoms with Crippen molar-refractivity contribution in [3.8, 4) is 11.5 Å². The molecular formula is C10H11O2. The van der Waals surface area contributed by atoms with Crippen molar-refractivity contribution in [3.63, 3.8) is 0 Å². The van der Waals surface area contributed by atoms with Crippen LogP contribution in [0.5, 0.6) is 11.5 Å². The van der Waals surface area contributed by atoms with Gasteiger partial charge in [-0.25, -0.2) is 0 Å². The molecule has 1 radical (unpaired) electrons. The smallest absolute Gasteiger partial charge is 0.160 e. The highest BCUT2D eigenvalue weighted by Crippen LogP contribution is 2.35. The Balaban J connectivity index is 2.54. The van der Waals surface area contributed by atoms with Gasteiger partial charge < -0.3 is 10.2 Å². The Kier molecular flexibility index (Phi) is 1.68. The van der Waals surface area contributed by atoms with Gasteiger partial charge in [0, 0.05) is 5.56 Å². The molecule has 2 rings (SSSR count). The van der Waals surface area contributed by atoms with Gasteiger partial charge in [0.25, 0.3) is 0 Å². The second-order valence-electron chi connectivity index (χ2n) is 3.19. The number of rotatable bonds is 0. The standard InChI is InChI=1S/C10H11O2/c11-9-6-5-7-3-1-2-4-8(7)10(9)12/h6,11-12H,1-4H2. The van der Waals surface area contributed by atoms with Crippen LogP contribution in [-0.2, 0) is 12.8 Å². The first kappa shape index (κ1) is 7.47. The first-order chi connectivity index (χ1) is 5.79. The van der Waals surface area contributed by atoms with Crippen molar-refractivity contribution >= 4 is 0 Å². The van der Waals surface area contributed by atoms with E-state index in [2.05, 4.69) is 6.07 Å². The van der Waals surface area contributed by atoms with E-state index in [1.807, 2.05) is 0 Å². The first-order valence-corrected chi connectivity index (χ1v) is 4.23. The molecule has 12 heavy (non-hydrogen) atoms. The van der Waals surface area contributed by atoms with Gasteiger partial charge in [0.1, 0.15) is 0 Å². The Hall–Kier alpha value is -1.18. The van der Waals surface area contributed by atoms with Gasteiger partial charge >= 0.3 is 0 Å². The van der Waals surface area contributed by atoms with Crippen LogP contribution in [0.25, 0.3) is 0 Å². The number of fused-ring (bicyclic) bond motifs is 1. The molecule has 1 aromatic carbocycles. The van der Waals surface area contributed by atoms with E-state index in [1.54, 1.807) is 0 Å². The van der Waals surface area contributed by atoms with Crippen molar-refractivity contribution in [1.29, 1.82) is 0 Å². The Labute approximate surface area is 71.5 Å². The Morgan fingerprint density at radius 3 is 2.75 bits per heavy atom. The predicted octanol–water partition coefficient (Wildman–Crippen LogP) is 1.78. The number of phenols is 2. The summed E-state index contributed by atoms with van der Waals surface area (Å²) < 4.78 is 0. The lowest BCUT2D eigenvalue weighted by atomic mass is 9.91. The van der Waals surface area contributed by atoms with Crippen LogP contribution >= 0.6 is 0 Å². The van der Waals surface area contributed by atoms with Crippen LogP contribution in [0.15, 0.2) is 6.07 Å². The number of hydrogen-bond donors (Lipinski definition) is 2. The number of aromatic hydroxyl groups is 2. The van der Waals surface area contributed by atoms with Gasteiger partial charge in [-0.3, -0.25) is 0 Å². The van der Waals surface area contributed by atoms with E-state index in [0.29, 0.717) is 0 Å². The molecule has 0 fully saturated rings. The molecule has 0 atom stereocenters. The second-order valence-corrected chi connectivity index (χ2v) is 3.19. The molecule has 0 heterocycles. The zero-order chi connectivity index (χ0) is 8.55. The molecule has 0 unspecified atom stereocenters. The molecule has 0 amide bonds. The Morgan fingerprint density at radius 1 is 1.17 bits per heavy atom. The van der Waals surface area contributed by atoms with Crippen LogP contribution in [0, 0.1) is 6.07 Å². The largest absolute Gasteiger partial charge is 0.504 e. The van der Waals surface area contributed by atoms with Gasteiger partial charge in [-0.1, -0.05) is 0 Å². The van der Waals surface area contributed by atoms with Gasteiger partial charge in [-0.15, -0.1) is 0 Å². The average Bonchev–Trinajstić information content (AvgIpc) is 2.12. The van der Waals surface area contributed by atoms with Crippen LogP contribution in [-0.4, -0.2) is 10.2 Å². The maximum atomic E-state index is 9.47. The minimum atomic E-state index is -0.0457. The zero-order valence-electron chi connectivity index (χ0n) is 6.80. The van der Waals surface area contributed by atoms with E-state index >= 15 is 0 Å². The summed E-state index contributed by atoms with van der Waals surface area (Å²) in [6, 6.07) is 4.43. The van der Waals surface area contributed by atoms with Crippen LogP contribution < -0.4 is 0 Å². The van der Waals surface area contributed by atoms with E-state index in [-0.39, 0.29) is 11.5 Å². The summed E-state index contributed by atoms with van der Waals surface area (Å²) in [5.74, 6) is 0.0131. The van der Waals surface area contributed by atoms with Crippen LogP contribution in [0.3, 0.4) is 0 Å². The topological polar surface area (TPSA) is 40.5 Å².